The fraction of sp³-hybridized carbons (Fsp3) is 0.429. The molecule has 1 aromatic heterocycles. The first kappa shape index (κ1) is 12.0. The average molecular weight is 258 g/mol. The van der Waals surface area contributed by atoms with E-state index in [1.54, 1.807) is 0 Å². The fourth-order valence-electron chi connectivity index (χ4n) is 2.40. The highest BCUT2D eigenvalue weighted by Gasteiger charge is 2.17. The minimum absolute atomic E-state index is 0.591. The number of nitrogen functional groups attached to an aromatic ring is 1. The third kappa shape index (κ3) is 2.70. The molecule has 2 N–H and O–H groups in total. The molecule has 1 aliphatic rings. The van der Waals surface area contributed by atoms with E-state index in [1.165, 1.54) is 19.3 Å². The van der Waals surface area contributed by atoms with Crippen molar-refractivity contribution >= 4 is 11.6 Å². The Morgan fingerprint density at radius 3 is 2.74 bits per heavy atom. The Hall–Kier alpha value is -2.04. The van der Waals surface area contributed by atoms with E-state index in [0.29, 0.717) is 18.3 Å². The highest BCUT2D eigenvalue weighted by molar-refractivity contribution is 5.47. The van der Waals surface area contributed by atoms with Gasteiger partial charge in [-0.2, -0.15) is 4.98 Å². The molecule has 1 aliphatic heterocycles. The zero-order valence-corrected chi connectivity index (χ0v) is 10.9. The van der Waals surface area contributed by atoms with Gasteiger partial charge >= 0.3 is 0 Å². The van der Waals surface area contributed by atoms with Crippen molar-refractivity contribution in [2.24, 2.45) is 0 Å². The van der Waals surface area contributed by atoms with Crippen LogP contribution in [0.4, 0.5) is 11.6 Å². The first-order valence-corrected chi connectivity index (χ1v) is 6.74. The number of hydrogen-bond acceptors (Lipinski definition) is 5. The molecule has 0 atom stereocenters. The van der Waals surface area contributed by atoms with Crippen molar-refractivity contribution in [3.63, 3.8) is 0 Å². The van der Waals surface area contributed by atoms with Crippen molar-refractivity contribution in [2.45, 2.75) is 25.7 Å². The van der Waals surface area contributed by atoms with Gasteiger partial charge in [0, 0.05) is 18.8 Å². The molecule has 2 aromatic rings. The van der Waals surface area contributed by atoms with Gasteiger partial charge in [0.15, 0.2) is 0 Å². The summed E-state index contributed by atoms with van der Waals surface area (Å²) in [7, 11) is 0. The summed E-state index contributed by atoms with van der Waals surface area (Å²) in [6.07, 6.45) is 4.29. The van der Waals surface area contributed by atoms with Gasteiger partial charge < -0.3 is 15.2 Å². The first-order chi connectivity index (χ1) is 9.33. The molecular formula is C14H18N4O. The minimum Gasteiger partial charge on any atom is -0.398 e. The molecule has 5 nitrogen and oxygen atoms in total. The number of nitrogens with zero attached hydrogens (tertiary/aromatic N) is 3. The Morgan fingerprint density at radius 2 is 1.95 bits per heavy atom. The van der Waals surface area contributed by atoms with E-state index < -0.39 is 0 Å². The number of para-hydroxylation sites is 1. The first-order valence-electron chi connectivity index (χ1n) is 6.74. The molecule has 1 saturated heterocycles. The van der Waals surface area contributed by atoms with Gasteiger partial charge in [-0.05, 0) is 36.0 Å². The molecule has 1 aromatic carbocycles. The molecule has 3 rings (SSSR count). The van der Waals surface area contributed by atoms with Crippen molar-refractivity contribution in [2.75, 3.05) is 23.7 Å². The normalized spacial score (nSPS) is 15.7. The van der Waals surface area contributed by atoms with Crippen molar-refractivity contribution in [3.05, 3.63) is 35.7 Å². The van der Waals surface area contributed by atoms with Gasteiger partial charge in [0.1, 0.15) is 0 Å². The molecule has 0 bridgehead atoms. The van der Waals surface area contributed by atoms with Crippen LogP contribution < -0.4 is 10.6 Å². The van der Waals surface area contributed by atoms with Crippen LogP contribution in [0.3, 0.4) is 0 Å². The predicted molar refractivity (Wildman–Crippen MR) is 74.0 cm³/mol. The number of hydrogen-bond donors (Lipinski definition) is 1. The van der Waals surface area contributed by atoms with E-state index in [1.807, 2.05) is 24.3 Å². The van der Waals surface area contributed by atoms with Crippen LogP contribution in [0.25, 0.3) is 0 Å². The molecule has 19 heavy (non-hydrogen) atoms. The number of benzene rings is 1. The van der Waals surface area contributed by atoms with E-state index >= 15 is 0 Å². The molecule has 1 fully saturated rings. The highest BCUT2D eigenvalue weighted by Crippen LogP contribution is 2.19. The van der Waals surface area contributed by atoms with Gasteiger partial charge in [0.25, 0.3) is 5.95 Å². The zero-order valence-electron chi connectivity index (χ0n) is 10.9. The molecule has 0 aliphatic carbocycles. The Morgan fingerprint density at radius 1 is 1.16 bits per heavy atom. The van der Waals surface area contributed by atoms with E-state index in [-0.39, 0.29) is 0 Å². The second-order valence-corrected chi connectivity index (χ2v) is 4.91. The van der Waals surface area contributed by atoms with Gasteiger partial charge in [0.05, 0.1) is 6.42 Å². The van der Waals surface area contributed by atoms with Gasteiger partial charge in [0.2, 0.25) is 5.89 Å². The van der Waals surface area contributed by atoms with Gasteiger partial charge in [-0.15, -0.1) is 0 Å². The lowest BCUT2D eigenvalue weighted by Gasteiger charge is -2.24. The fourth-order valence-corrected chi connectivity index (χ4v) is 2.40. The maximum absolute atomic E-state index is 5.92. The summed E-state index contributed by atoms with van der Waals surface area (Å²) in [6.45, 7) is 2.04. The number of aromatic nitrogens is 2. The summed E-state index contributed by atoms with van der Waals surface area (Å²) in [5, 5.41) is 4.06. The molecule has 2 heterocycles. The Bertz CT molecular complexity index is 546. The van der Waals surface area contributed by atoms with E-state index in [2.05, 4.69) is 15.0 Å². The van der Waals surface area contributed by atoms with Crippen molar-refractivity contribution in [1.82, 2.24) is 10.1 Å². The third-order valence-electron chi connectivity index (χ3n) is 3.49. The number of nitrogens with two attached hydrogens (primary N) is 1. The lowest BCUT2D eigenvalue weighted by molar-refractivity contribution is 0.383. The number of piperidine rings is 1. The van der Waals surface area contributed by atoms with Gasteiger partial charge in [-0.1, -0.05) is 18.2 Å². The quantitative estimate of drug-likeness (QED) is 0.855. The van der Waals surface area contributed by atoms with Crippen LogP contribution in [0.1, 0.15) is 30.7 Å². The molecule has 100 valence electrons. The largest absolute Gasteiger partial charge is 0.398 e. The van der Waals surface area contributed by atoms with Crippen molar-refractivity contribution in [3.8, 4) is 0 Å². The number of anilines is 2. The SMILES string of the molecule is Nc1ccccc1Cc1nc(N2CCCCC2)no1. The van der Waals surface area contributed by atoms with Crippen molar-refractivity contribution < 1.29 is 4.52 Å². The summed E-state index contributed by atoms with van der Waals surface area (Å²) in [4.78, 5) is 6.65. The zero-order chi connectivity index (χ0) is 13.1. The summed E-state index contributed by atoms with van der Waals surface area (Å²) < 4.78 is 5.32. The van der Waals surface area contributed by atoms with Crippen molar-refractivity contribution in [1.29, 1.82) is 0 Å². The monoisotopic (exact) mass is 258 g/mol. The van der Waals surface area contributed by atoms with Gasteiger partial charge in [-0.3, -0.25) is 0 Å². The van der Waals surface area contributed by atoms with Crippen LogP contribution in [0.2, 0.25) is 0 Å². The van der Waals surface area contributed by atoms with Crippen LogP contribution in [0.5, 0.6) is 0 Å². The Kier molecular flexibility index (Phi) is 3.35. The Balaban J connectivity index is 1.73. The number of rotatable bonds is 3. The third-order valence-corrected chi connectivity index (χ3v) is 3.49. The smallest absolute Gasteiger partial charge is 0.266 e. The summed E-state index contributed by atoms with van der Waals surface area (Å²) in [5.74, 6) is 1.34. The van der Waals surface area contributed by atoms with Crippen LogP contribution in [-0.4, -0.2) is 23.2 Å². The van der Waals surface area contributed by atoms with Crippen LogP contribution in [0.15, 0.2) is 28.8 Å². The molecule has 0 amide bonds. The van der Waals surface area contributed by atoms with Gasteiger partial charge in [-0.25, -0.2) is 0 Å². The molecule has 0 spiro atoms. The Labute approximate surface area is 112 Å². The maximum atomic E-state index is 5.92. The molecule has 5 heteroatoms. The van der Waals surface area contributed by atoms with Crippen LogP contribution in [0, 0.1) is 0 Å². The summed E-state index contributed by atoms with van der Waals surface area (Å²) in [6, 6.07) is 7.76. The highest BCUT2D eigenvalue weighted by atomic mass is 16.5. The standard InChI is InChI=1S/C14H18N4O/c15-12-7-3-2-6-11(12)10-13-16-14(17-19-13)18-8-4-1-5-9-18/h2-3,6-7H,1,4-5,8-10,15H2. The van der Waals surface area contributed by atoms with Crippen LogP contribution >= 0.6 is 0 Å². The second-order valence-electron chi connectivity index (χ2n) is 4.91. The summed E-state index contributed by atoms with van der Waals surface area (Å²) in [5.41, 5.74) is 7.71. The minimum atomic E-state index is 0.591. The second kappa shape index (κ2) is 5.30. The lowest BCUT2D eigenvalue weighted by atomic mass is 10.1. The lowest BCUT2D eigenvalue weighted by Crippen LogP contribution is -2.30. The molecular weight excluding hydrogens is 240 g/mol. The maximum Gasteiger partial charge on any atom is 0.266 e. The van der Waals surface area contributed by atoms with E-state index in [0.717, 1.165) is 24.3 Å². The molecule has 0 saturated carbocycles. The van der Waals surface area contributed by atoms with Crippen LogP contribution in [-0.2, 0) is 6.42 Å². The summed E-state index contributed by atoms with van der Waals surface area (Å²) >= 11 is 0. The van der Waals surface area contributed by atoms with E-state index in [4.69, 9.17) is 10.3 Å². The molecule has 0 unspecified atom stereocenters. The topological polar surface area (TPSA) is 68.2 Å². The predicted octanol–water partition coefficient (Wildman–Crippen LogP) is 2.23. The average Bonchev–Trinajstić information content (AvgIpc) is 2.91. The molecule has 0 radical (unpaired) electrons. The van der Waals surface area contributed by atoms with E-state index in [9.17, 15) is 0 Å².